The van der Waals surface area contributed by atoms with Crippen molar-refractivity contribution < 1.29 is 0 Å². The molecule has 0 fully saturated rings. The first-order valence-electron chi connectivity index (χ1n) is 5.62. The molecule has 0 unspecified atom stereocenters. The second kappa shape index (κ2) is 4.82. The van der Waals surface area contributed by atoms with Crippen molar-refractivity contribution in [3.63, 3.8) is 0 Å². The predicted octanol–water partition coefficient (Wildman–Crippen LogP) is 2.30. The summed E-state index contributed by atoms with van der Waals surface area (Å²) >= 11 is 5.64. The van der Waals surface area contributed by atoms with Crippen LogP contribution in [0, 0.1) is 0 Å². The number of para-hydroxylation sites is 1. The molecule has 0 bridgehead atoms. The van der Waals surface area contributed by atoms with Gasteiger partial charge in [-0.25, -0.2) is 9.36 Å². The van der Waals surface area contributed by atoms with Gasteiger partial charge < -0.3 is 0 Å². The smallest absolute Gasteiger partial charge is 0.297 e. The van der Waals surface area contributed by atoms with Gasteiger partial charge in [0.25, 0.3) is 5.56 Å². The normalized spacial score (nSPS) is 10.9. The van der Waals surface area contributed by atoms with E-state index in [1.54, 1.807) is 12.1 Å². The molecule has 1 aromatic carbocycles. The highest BCUT2D eigenvalue weighted by Crippen LogP contribution is 2.20. The van der Waals surface area contributed by atoms with Crippen molar-refractivity contribution in [3.05, 3.63) is 61.9 Å². The quantitative estimate of drug-likeness (QED) is 0.846. The molecule has 0 amide bonds. The van der Waals surface area contributed by atoms with Crippen LogP contribution in [0.15, 0.2) is 39.9 Å². The van der Waals surface area contributed by atoms with Gasteiger partial charge in [0, 0.05) is 6.07 Å². The minimum Gasteiger partial charge on any atom is -0.297 e. The Balaban J connectivity index is 2.78. The maximum absolute atomic E-state index is 11.9. The van der Waals surface area contributed by atoms with E-state index in [9.17, 15) is 9.59 Å². The highest BCUT2D eigenvalue weighted by atomic mass is 35.5. The number of nitrogens with one attached hydrogen (secondary N) is 1. The van der Waals surface area contributed by atoms with Crippen molar-refractivity contribution >= 4 is 11.6 Å². The van der Waals surface area contributed by atoms with Crippen LogP contribution in [-0.4, -0.2) is 9.55 Å². The molecule has 1 aromatic heterocycles. The van der Waals surface area contributed by atoms with Crippen LogP contribution in [0.2, 0.25) is 5.15 Å². The van der Waals surface area contributed by atoms with Crippen molar-refractivity contribution in [2.24, 2.45) is 0 Å². The van der Waals surface area contributed by atoms with Crippen molar-refractivity contribution in [1.82, 2.24) is 9.55 Å². The van der Waals surface area contributed by atoms with Gasteiger partial charge in [-0.15, -0.1) is 0 Å². The fraction of sp³-hybridized carbons (Fsp3) is 0.231. The van der Waals surface area contributed by atoms with Crippen LogP contribution in [0.5, 0.6) is 0 Å². The fourth-order valence-corrected chi connectivity index (χ4v) is 2.05. The number of rotatable bonds is 2. The first-order valence-corrected chi connectivity index (χ1v) is 5.99. The lowest BCUT2D eigenvalue weighted by Crippen LogP contribution is -2.33. The van der Waals surface area contributed by atoms with Crippen molar-refractivity contribution in [1.29, 1.82) is 0 Å². The molecule has 2 rings (SSSR count). The highest BCUT2D eigenvalue weighted by molar-refractivity contribution is 6.29. The summed E-state index contributed by atoms with van der Waals surface area (Å²) in [4.78, 5) is 26.2. The topological polar surface area (TPSA) is 54.9 Å². The third-order valence-electron chi connectivity index (χ3n) is 2.70. The van der Waals surface area contributed by atoms with E-state index in [1.807, 2.05) is 26.0 Å². The standard InChI is InChI=1S/C13H13ClN2O2/c1-8(2)9-5-3-4-6-10(9)16-12(17)7-11(14)15-13(16)18/h3-8H,1-2H3,(H,15,18). The molecule has 0 atom stereocenters. The Morgan fingerprint density at radius 2 is 1.89 bits per heavy atom. The minimum atomic E-state index is -0.527. The largest absolute Gasteiger partial charge is 0.334 e. The third kappa shape index (κ3) is 2.24. The van der Waals surface area contributed by atoms with Gasteiger partial charge in [-0.2, -0.15) is 0 Å². The molecular weight excluding hydrogens is 252 g/mol. The first kappa shape index (κ1) is 12.6. The summed E-state index contributed by atoms with van der Waals surface area (Å²) in [5.41, 5.74) is 0.570. The molecule has 0 aliphatic carbocycles. The number of aromatic nitrogens is 2. The number of benzene rings is 1. The van der Waals surface area contributed by atoms with Crippen LogP contribution in [0.4, 0.5) is 0 Å². The summed E-state index contributed by atoms with van der Waals surface area (Å²) in [5, 5.41) is 0.0447. The summed E-state index contributed by atoms with van der Waals surface area (Å²) in [6.07, 6.45) is 0. The lowest BCUT2D eigenvalue weighted by atomic mass is 10.0. The van der Waals surface area contributed by atoms with E-state index in [0.29, 0.717) is 5.69 Å². The van der Waals surface area contributed by atoms with Gasteiger partial charge in [0.15, 0.2) is 0 Å². The van der Waals surface area contributed by atoms with Crippen LogP contribution in [-0.2, 0) is 0 Å². The third-order valence-corrected chi connectivity index (χ3v) is 2.90. The number of nitrogens with zero attached hydrogens (tertiary/aromatic N) is 1. The minimum absolute atomic E-state index is 0.0447. The summed E-state index contributed by atoms with van der Waals surface area (Å²) < 4.78 is 1.10. The maximum Gasteiger partial charge on any atom is 0.334 e. The van der Waals surface area contributed by atoms with Crippen LogP contribution in [0.25, 0.3) is 5.69 Å². The van der Waals surface area contributed by atoms with Crippen LogP contribution in [0.1, 0.15) is 25.3 Å². The van der Waals surface area contributed by atoms with Crippen LogP contribution < -0.4 is 11.2 Å². The number of H-pyrrole nitrogens is 1. The van der Waals surface area contributed by atoms with E-state index in [0.717, 1.165) is 10.1 Å². The maximum atomic E-state index is 11.9. The van der Waals surface area contributed by atoms with Crippen LogP contribution in [0.3, 0.4) is 0 Å². The van der Waals surface area contributed by atoms with E-state index in [4.69, 9.17) is 11.6 Å². The molecule has 1 heterocycles. The molecule has 2 aromatic rings. The van der Waals surface area contributed by atoms with E-state index < -0.39 is 11.2 Å². The van der Waals surface area contributed by atoms with Crippen molar-refractivity contribution in [2.75, 3.05) is 0 Å². The summed E-state index contributed by atoms with van der Waals surface area (Å²) in [5.74, 6) is 0.211. The van der Waals surface area contributed by atoms with Gasteiger partial charge in [0.1, 0.15) is 5.15 Å². The molecule has 4 nitrogen and oxygen atoms in total. The molecule has 0 aliphatic heterocycles. The van der Waals surface area contributed by atoms with Crippen molar-refractivity contribution in [2.45, 2.75) is 19.8 Å². The number of hydrogen-bond donors (Lipinski definition) is 1. The average Bonchev–Trinajstić information content (AvgIpc) is 2.28. The lowest BCUT2D eigenvalue weighted by Gasteiger charge is -2.13. The zero-order valence-corrected chi connectivity index (χ0v) is 10.9. The molecule has 0 aliphatic rings. The molecule has 0 spiro atoms. The van der Waals surface area contributed by atoms with Gasteiger partial charge in [-0.3, -0.25) is 9.78 Å². The Labute approximate surface area is 109 Å². The summed E-state index contributed by atoms with van der Waals surface area (Å²) in [6.45, 7) is 4.02. The number of aromatic amines is 1. The molecule has 5 heteroatoms. The zero-order chi connectivity index (χ0) is 13.3. The molecule has 0 saturated heterocycles. The molecule has 94 valence electrons. The first-order chi connectivity index (χ1) is 8.50. The Hall–Kier alpha value is -1.81. The van der Waals surface area contributed by atoms with Gasteiger partial charge in [0.05, 0.1) is 5.69 Å². The molecule has 0 saturated carbocycles. The number of hydrogen-bond acceptors (Lipinski definition) is 2. The average molecular weight is 265 g/mol. The van der Waals surface area contributed by atoms with E-state index in [1.165, 1.54) is 6.07 Å². The second-order valence-corrected chi connectivity index (χ2v) is 4.72. The van der Waals surface area contributed by atoms with E-state index in [2.05, 4.69) is 4.98 Å². The van der Waals surface area contributed by atoms with Gasteiger partial charge >= 0.3 is 5.69 Å². The Morgan fingerprint density at radius 3 is 2.50 bits per heavy atom. The van der Waals surface area contributed by atoms with Crippen LogP contribution >= 0.6 is 11.6 Å². The molecular formula is C13H13ClN2O2. The predicted molar refractivity (Wildman–Crippen MR) is 71.8 cm³/mol. The monoisotopic (exact) mass is 264 g/mol. The van der Waals surface area contributed by atoms with E-state index >= 15 is 0 Å². The highest BCUT2D eigenvalue weighted by Gasteiger charge is 2.11. The summed E-state index contributed by atoms with van der Waals surface area (Å²) in [6, 6.07) is 8.52. The zero-order valence-electron chi connectivity index (χ0n) is 10.1. The Kier molecular flexibility index (Phi) is 3.39. The Morgan fingerprint density at radius 1 is 1.22 bits per heavy atom. The van der Waals surface area contributed by atoms with Gasteiger partial charge in [-0.1, -0.05) is 43.6 Å². The van der Waals surface area contributed by atoms with Gasteiger partial charge in [0.2, 0.25) is 0 Å². The molecule has 1 N–H and O–H groups in total. The summed E-state index contributed by atoms with van der Waals surface area (Å²) in [7, 11) is 0. The van der Waals surface area contributed by atoms with Crippen molar-refractivity contribution in [3.8, 4) is 5.69 Å². The SMILES string of the molecule is CC(C)c1ccccc1-n1c(=O)cc(Cl)[nH]c1=O. The fourth-order valence-electron chi connectivity index (χ4n) is 1.87. The number of halogens is 1. The van der Waals surface area contributed by atoms with Gasteiger partial charge in [-0.05, 0) is 17.5 Å². The second-order valence-electron chi connectivity index (χ2n) is 4.31. The Bertz CT molecular complexity index is 655. The lowest BCUT2D eigenvalue weighted by molar-refractivity contribution is 0.811. The molecule has 18 heavy (non-hydrogen) atoms. The van der Waals surface area contributed by atoms with E-state index in [-0.39, 0.29) is 11.1 Å². The molecule has 0 radical (unpaired) electrons.